The van der Waals surface area contributed by atoms with Gasteiger partial charge in [-0.25, -0.2) is 18.6 Å². The Morgan fingerprint density at radius 2 is 2.00 bits per heavy atom. The molecule has 4 nitrogen and oxygen atoms in total. The lowest BCUT2D eigenvalue weighted by atomic mass is 10.1. The fourth-order valence-corrected chi connectivity index (χ4v) is 1.89. The van der Waals surface area contributed by atoms with Crippen molar-refractivity contribution in [3.8, 4) is 0 Å². The Balaban J connectivity index is 2.06. The number of carbonyl (C=O) groups is 1. The first-order chi connectivity index (χ1) is 10.6. The Bertz CT molecular complexity index is 630. The third-order valence-corrected chi connectivity index (χ3v) is 2.99. The molecule has 0 unspecified atom stereocenters. The summed E-state index contributed by atoms with van der Waals surface area (Å²) in [6.07, 6.45) is -0.918. The maximum absolute atomic E-state index is 12.5. The molecule has 0 saturated heterocycles. The van der Waals surface area contributed by atoms with Crippen molar-refractivity contribution in [2.75, 3.05) is 11.9 Å². The minimum Gasteiger partial charge on any atom is -0.462 e. The molecule has 1 N–H and O–H groups in total. The number of rotatable bonds is 6. The highest BCUT2D eigenvalue weighted by Crippen LogP contribution is 2.19. The quantitative estimate of drug-likeness (QED) is 0.825. The normalized spacial score (nSPS) is 10.5. The van der Waals surface area contributed by atoms with E-state index in [4.69, 9.17) is 4.74 Å². The summed E-state index contributed by atoms with van der Waals surface area (Å²) in [5, 5.41) is 3.02. The predicted octanol–water partition coefficient (Wildman–Crippen LogP) is 3.81. The number of halogens is 2. The molecule has 0 aliphatic rings. The number of alkyl halides is 2. The van der Waals surface area contributed by atoms with Gasteiger partial charge < -0.3 is 10.1 Å². The van der Waals surface area contributed by atoms with E-state index in [1.54, 1.807) is 37.4 Å². The maximum Gasteiger partial charge on any atom is 0.341 e. The second-order valence-corrected chi connectivity index (χ2v) is 4.52. The fourth-order valence-electron chi connectivity index (χ4n) is 1.89. The van der Waals surface area contributed by atoms with Gasteiger partial charge in [0.05, 0.1) is 6.61 Å². The highest BCUT2D eigenvalue weighted by atomic mass is 19.3. The van der Waals surface area contributed by atoms with Crippen LogP contribution in [0.15, 0.2) is 42.6 Å². The summed E-state index contributed by atoms with van der Waals surface area (Å²) in [5.74, 6) is -0.0509. The number of hydrogen-bond donors (Lipinski definition) is 1. The van der Waals surface area contributed by atoms with Crippen molar-refractivity contribution in [3.05, 3.63) is 59.3 Å². The molecule has 2 rings (SSSR count). The predicted molar refractivity (Wildman–Crippen MR) is 78.9 cm³/mol. The van der Waals surface area contributed by atoms with Crippen LogP contribution < -0.4 is 5.32 Å². The van der Waals surface area contributed by atoms with Gasteiger partial charge in [-0.1, -0.05) is 24.3 Å². The number of ether oxygens (including phenoxy) is 1. The number of anilines is 1. The van der Waals surface area contributed by atoms with Crippen molar-refractivity contribution in [1.29, 1.82) is 0 Å². The topological polar surface area (TPSA) is 51.2 Å². The van der Waals surface area contributed by atoms with Crippen LogP contribution in [0.4, 0.5) is 14.6 Å². The molecule has 0 radical (unpaired) electrons. The van der Waals surface area contributed by atoms with Gasteiger partial charge in [-0.2, -0.15) is 0 Å². The summed E-state index contributed by atoms with van der Waals surface area (Å²) >= 11 is 0. The fraction of sp³-hybridized carbons (Fsp3) is 0.250. The first kappa shape index (κ1) is 15.9. The minimum absolute atomic E-state index is 0.0196. The number of esters is 1. The van der Waals surface area contributed by atoms with Crippen LogP contribution in [0.5, 0.6) is 0 Å². The van der Waals surface area contributed by atoms with Crippen LogP contribution in [-0.4, -0.2) is 17.6 Å². The van der Waals surface area contributed by atoms with Gasteiger partial charge in [0.15, 0.2) is 0 Å². The first-order valence-corrected chi connectivity index (χ1v) is 6.84. The largest absolute Gasteiger partial charge is 0.462 e. The van der Waals surface area contributed by atoms with Crippen molar-refractivity contribution in [2.45, 2.75) is 19.9 Å². The third kappa shape index (κ3) is 4.00. The molecule has 2 aromatic rings. The average Bonchev–Trinajstić information content (AvgIpc) is 2.54. The number of nitrogens with zero attached hydrogens (tertiary/aromatic N) is 1. The average molecular weight is 306 g/mol. The number of carbonyl (C=O) groups excluding carboxylic acids is 1. The lowest BCUT2D eigenvalue weighted by Crippen LogP contribution is -2.11. The molecule has 0 bridgehead atoms. The molecule has 1 aromatic carbocycles. The van der Waals surface area contributed by atoms with E-state index in [0.29, 0.717) is 17.9 Å². The summed E-state index contributed by atoms with van der Waals surface area (Å²) < 4.78 is 29.9. The summed E-state index contributed by atoms with van der Waals surface area (Å²) in [4.78, 5) is 15.9. The van der Waals surface area contributed by atoms with Crippen LogP contribution >= 0.6 is 0 Å². The zero-order valence-electron chi connectivity index (χ0n) is 12.1. The standard InChI is InChI=1S/C16H16F2N2O2/c1-2-22-16(21)13-4-3-9-19-15(13)20-10-11-5-7-12(8-6-11)14(17)18/h3-9,14H,2,10H2,1H3,(H,19,20). The van der Waals surface area contributed by atoms with Crippen LogP contribution in [0.2, 0.25) is 0 Å². The Morgan fingerprint density at radius 3 is 2.64 bits per heavy atom. The van der Waals surface area contributed by atoms with Gasteiger partial charge in [0.2, 0.25) is 0 Å². The molecule has 0 fully saturated rings. The van der Waals surface area contributed by atoms with Crippen LogP contribution in [-0.2, 0) is 11.3 Å². The lowest BCUT2D eigenvalue weighted by Gasteiger charge is -2.10. The van der Waals surface area contributed by atoms with Gasteiger partial charge in [0, 0.05) is 18.3 Å². The van der Waals surface area contributed by atoms with Crippen LogP contribution in [0.25, 0.3) is 0 Å². The highest BCUT2D eigenvalue weighted by molar-refractivity contribution is 5.94. The van der Waals surface area contributed by atoms with E-state index in [1.807, 2.05) is 0 Å². The first-order valence-electron chi connectivity index (χ1n) is 6.84. The Hall–Kier alpha value is -2.50. The second kappa shape index (κ2) is 7.49. The summed E-state index contributed by atoms with van der Waals surface area (Å²) in [6, 6.07) is 9.25. The summed E-state index contributed by atoms with van der Waals surface area (Å²) in [6.45, 7) is 2.38. The zero-order valence-corrected chi connectivity index (χ0v) is 12.1. The highest BCUT2D eigenvalue weighted by Gasteiger charge is 2.13. The van der Waals surface area contributed by atoms with Crippen LogP contribution in [0, 0.1) is 0 Å². The van der Waals surface area contributed by atoms with E-state index in [0.717, 1.165) is 5.56 Å². The zero-order chi connectivity index (χ0) is 15.9. The van der Waals surface area contributed by atoms with Crippen molar-refractivity contribution in [1.82, 2.24) is 4.98 Å². The van der Waals surface area contributed by atoms with Gasteiger partial charge in [-0.3, -0.25) is 0 Å². The van der Waals surface area contributed by atoms with E-state index >= 15 is 0 Å². The SMILES string of the molecule is CCOC(=O)c1cccnc1NCc1ccc(C(F)F)cc1. The van der Waals surface area contributed by atoms with Crippen molar-refractivity contribution >= 4 is 11.8 Å². The molecule has 1 aromatic heterocycles. The van der Waals surface area contributed by atoms with Gasteiger partial charge >= 0.3 is 5.97 Å². The molecule has 0 saturated carbocycles. The van der Waals surface area contributed by atoms with E-state index in [2.05, 4.69) is 10.3 Å². The second-order valence-electron chi connectivity index (χ2n) is 4.52. The molecule has 6 heteroatoms. The molecule has 0 aliphatic carbocycles. The van der Waals surface area contributed by atoms with Gasteiger partial charge in [0.1, 0.15) is 11.4 Å². The van der Waals surface area contributed by atoms with Crippen molar-refractivity contribution < 1.29 is 18.3 Å². The van der Waals surface area contributed by atoms with Crippen molar-refractivity contribution in [2.24, 2.45) is 0 Å². The Morgan fingerprint density at radius 1 is 1.27 bits per heavy atom. The molecular formula is C16H16F2N2O2. The van der Waals surface area contributed by atoms with Gasteiger partial charge in [-0.15, -0.1) is 0 Å². The lowest BCUT2D eigenvalue weighted by molar-refractivity contribution is 0.0527. The summed E-state index contributed by atoms with van der Waals surface area (Å²) in [5.41, 5.74) is 1.13. The van der Waals surface area contributed by atoms with E-state index in [-0.39, 0.29) is 12.2 Å². The Kier molecular flexibility index (Phi) is 5.41. The number of benzene rings is 1. The summed E-state index contributed by atoms with van der Waals surface area (Å²) in [7, 11) is 0. The smallest absolute Gasteiger partial charge is 0.341 e. The third-order valence-electron chi connectivity index (χ3n) is 2.99. The van der Waals surface area contributed by atoms with E-state index in [1.165, 1.54) is 12.1 Å². The van der Waals surface area contributed by atoms with E-state index in [9.17, 15) is 13.6 Å². The molecule has 0 amide bonds. The van der Waals surface area contributed by atoms with Crippen molar-refractivity contribution in [3.63, 3.8) is 0 Å². The molecular weight excluding hydrogens is 290 g/mol. The molecule has 1 heterocycles. The Labute approximate surface area is 127 Å². The van der Waals surface area contributed by atoms with Crippen LogP contribution in [0.1, 0.15) is 34.8 Å². The molecule has 0 aliphatic heterocycles. The van der Waals surface area contributed by atoms with Gasteiger partial charge in [-0.05, 0) is 24.6 Å². The maximum atomic E-state index is 12.5. The number of pyridine rings is 1. The number of aromatic nitrogens is 1. The monoisotopic (exact) mass is 306 g/mol. The molecule has 0 atom stereocenters. The molecule has 116 valence electrons. The molecule has 22 heavy (non-hydrogen) atoms. The minimum atomic E-state index is -2.48. The van der Waals surface area contributed by atoms with E-state index < -0.39 is 12.4 Å². The van der Waals surface area contributed by atoms with Gasteiger partial charge in [0.25, 0.3) is 6.43 Å². The van der Waals surface area contributed by atoms with Crippen LogP contribution in [0.3, 0.4) is 0 Å². The molecule has 0 spiro atoms. The number of nitrogens with one attached hydrogen (secondary N) is 1. The number of hydrogen-bond acceptors (Lipinski definition) is 4.